The Labute approximate surface area is 111 Å². The van der Waals surface area contributed by atoms with Crippen LogP contribution in [0.2, 0.25) is 0 Å². The average molecular weight is 272 g/mol. The number of rotatable bonds is 3. The van der Waals surface area contributed by atoms with E-state index in [9.17, 15) is 14.4 Å². The second kappa shape index (κ2) is 5.90. The van der Waals surface area contributed by atoms with Crippen molar-refractivity contribution in [3.05, 3.63) is 0 Å². The molecule has 1 rings (SSSR count). The Hall–Kier alpha value is -1.79. The molecule has 0 saturated carbocycles. The van der Waals surface area contributed by atoms with Crippen molar-refractivity contribution in [2.75, 3.05) is 20.2 Å². The molecule has 1 atom stereocenters. The number of carboxylic acid groups (broad SMARTS) is 1. The summed E-state index contributed by atoms with van der Waals surface area (Å²) in [6, 6.07) is -1.09. The maximum atomic E-state index is 11.9. The van der Waals surface area contributed by atoms with Crippen molar-refractivity contribution in [1.82, 2.24) is 10.2 Å². The quantitative estimate of drug-likeness (QED) is 0.727. The first-order valence-electron chi connectivity index (χ1n) is 6.17. The lowest BCUT2D eigenvalue weighted by atomic mass is 9.80. The zero-order valence-corrected chi connectivity index (χ0v) is 11.4. The minimum atomic E-state index is -0.838. The topological polar surface area (TPSA) is 95.9 Å². The number of piperidine rings is 1. The van der Waals surface area contributed by atoms with E-state index in [2.05, 4.69) is 10.1 Å². The molecule has 0 aromatic carbocycles. The summed E-state index contributed by atoms with van der Waals surface area (Å²) in [6.07, 6.45) is 0.810. The highest BCUT2D eigenvalue weighted by Gasteiger charge is 2.38. The number of carboxylic acids is 1. The molecule has 1 unspecified atom stereocenters. The first-order chi connectivity index (χ1) is 8.80. The average Bonchev–Trinajstić information content (AvgIpc) is 2.38. The molecule has 2 amide bonds. The number of carbonyl (C=O) groups excluding carboxylic acids is 2. The molecule has 1 heterocycles. The van der Waals surface area contributed by atoms with E-state index in [4.69, 9.17) is 5.11 Å². The first kappa shape index (κ1) is 15.3. The van der Waals surface area contributed by atoms with Gasteiger partial charge in [0, 0.05) is 13.1 Å². The lowest BCUT2D eigenvalue weighted by Gasteiger charge is -2.36. The van der Waals surface area contributed by atoms with Crippen molar-refractivity contribution in [1.29, 1.82) is 0 Å². The van der Waals surface area contributed by atoms with Crippen LogP contribution in [0.25, 0.3) is 0 Å². The molecule has 0 aromatic rings. The number of ether oxygens (including phenoxy) is 1. The van der Waals surface area contributed by atoms with Crippen molar-refractivity contribution < 1.29 is 24.2 Å². The van der Waals surface area contributed by atoms with E-state index in [1.165, 1.54) is 18.9 Å². The predicted octanol–water partition coefficient (Wildman–Crippen LogP) is 0.444. The van der Waals surface area contributed by atoms with E-state index in [1.807, 2.05) is 0 Å². The van der Waals surface area contributed by atoms with E-state index in [0.717, 1.165) is 0 Å². The predicted molar refractivity (Wildman–Crippen MR) is 66.6 cm³/mol. The SMILES string of the molecule is COC(=O)C(C)NC(=O)N1CCC(C)(C(=O)O)CC1. The van der Waals surface area contributed by atoms with Gasteiger partial charge in [-0.1, -0.05) is 0 Å². The molecule has 0 aliphatic carbocycles. The lowest BCUT2D eigenvalue weighted by molar-refractivity contribution is -0.150. The van der Waals surface area contributed by atoms with Crippen molar-refractivity contribution in [3.63, 3.8) is 0 Å². The highest BCUT2D eigenvalue weighted by atomic mass is 16.5. The van der Waals surface area contributed by atoms with Gasteiger partial charge in [-0.15, -0.1) is 0 Å². The third-order valence-electron chi connectivity index (χ3n) is 3.57. The number of methoxy groups -OCH3 is 1. The summed E-state index contributed by atoms with van der Waals surface area (Å²) in [5, 5.41) is 11.6. The zero-order chi connectivity index (χ0) is 14.6. The number of nitrogens with one attached hydrogen (secondary N) is 1. The Balaban J connectivity index is 2.50. The minimum absolute atomic E-state index is 0.364. The van der Waals surface area contributed by atoms with Gasteiger partial charge in [-0.25, -0.2) is 9.59 Å². The van der Waals surface area contributed by atoms with Crippen LogP contribution >= 0.6 is 0 Å². The van der Waals surface area contributed by atoms with E-state index >= 15 is 0 Å². The molecular weight excluding hydrogens is 252 g/mol. The summed E-state index contributed by atoms with van der Waals surface area (Å²) in [4.78, 5) is 35.7. The van der Waals surface area contributed by atoms with Gasteiger partial charge in [-0.3, -0.25) is 4.79 Å². The van der Waals surface area contributed by atoms with Crippen LogP contribution in [0.15, 0.2) is 0 Å². The molecule has 1 aliphatic heterocycles. The fourth-order valence-corrected chi connectivity index (χ4v) is 1.93. The van der Waals surface area contributed by atoms with Crippen LogP contribution in [0.4, 0.5) is 4.79 Å². The van der Waals surface area contributed by atoms with Crippen LogP contribution in [0.5, 0.6) is 0 Å². The number of carbonyl (C=O) groups is 3. The number of nitrogens with zero attached hydrogens (tertiary/aromatic N) is 1. The highest BCUT2D eigenvalue weighted by molar-refractivity contribution is 5.83. The van der Waals surface area contributed by atoms with Crippen LogP contribution in [0, 0.1) is 5.41 Å². The van der Waals surface area contributed by atoms with Gasteiger partial charge in [0.15, 0.2) is 0 Å². The Morgan fingerprint density at radius 2 is 1.84 bits per heavy atom. The number of esters is 1. The summed E-state index contributed by atoms with van der Waals surface area (Å²) < 4.78 is 4.51. The molecule has 2 N–H and O–H groups in total. The van der Waals surface area contributed by atoms with Gasteiger partial charge in [0.05, 0.1) is 12.5 Å². The zero-order valence-electron chi connectivity index (χ0n) is 11.4. The molecule has 7 heteroatoms. The van der Waals surface area contributed by atoms with E-state index in [-0.39, 0.29) is 6.03 Å². The molecule has 1 fully saturated rings. The van der Waals surface area contributed by atoms with Crippen LogP contribution < -0.4 is 5.32 Å². The molecule has 1 aliphatic rings. The number of amides is 2. The number of urea groups is 1. The van der Waals surface area contributed by atoms with Crippen LogP contribution in [0.3, 0.4) is 0 Å². The summed E-state index contributed by atoms with van der Waals surface area (Å²) >= 11 is 0. The second-order valence-electron chi connectivity index (χ2n) is 5.05. The number of aliphatic carboxylic acids is 1. The first-order valence-corrected chi connectivity index (χ1v) is 6.17. The van der Waals surface area contributed by atoms with Gasteiger partial charge in [-0.05, 0) is 26.7 Å². The smallest absolute Gasteiger partial charge is 0.328 e. The van der Waals surface area contributed by atoms with E-state index < -0.39 is 23.4 Å². The fraction of sp³-hybridized carbons (Fsp3) is 0.750. The molecule has 108 valence electrons. The highest BCUT2D eigenvalue weighted by Crippen LogP contribution is 2.30. The summed E-state index contributed by atoms with van der Waals surface area (Å²) in [5.41, 5.74) is -0.773. The Morgan fingerprint density at radius 3 is 2.26 bits per heavy atom. The Morgan fingerprint density at radius 1 is 1.32 bits per heavy atom. The van der Waals surface area contributed by atoms with Gasteiger partial charge >= 0.3 is 18.0 Å². The van der Waals surface area contributed by atoms with Crippen molar-refractivity contribution in [3.8, 4) is 0 Å². The normalized spacial score (nSPS) is 19.4. The number of hydrogen-bond acceptors (Lipinski definition) is 4. The Kier molecular flexibility index (Phi) is 4.74. The number of likely N-dealkylation sites (tertiary alicyclic amines) is 1. The maximum absolute atomic E-state index is 11.9. The molecule has 19 heavy (non-hydrogen) atoms. The fourth-order valence-electron chi connectivity index (χ4n) is 1.93. The molecule has 0 spiro atoms. The van der Waals surface area contributed by atoms with Crippen molar-refractivity contribution in [2.24, 2.45) is 5.41 Å². The standard InChI is InChI=1S/C12H20N2O5/c1-8(9(15)19-3)13-11(18)14-6-4-12(2,5-7-14)10(16)17/h8H,4-7H2,1-3H3,(H,13,18)(H,16,17). The molecule has 0 bridgehead atoms. The van der Waals surface area contributed by atoms with Crippen molar-refractivity contribution in [2.45, 2.75) is 32.7 Å². The summed E-state index contributed by atoms with van der Waals surface area (Å²) in [6.45, 7) is 3.95. The van der Waals surface area contributed by atoms with Crippen molar-refractivity contribution >= 4 is 18.0 Å². The molecule has 0 aromatic heterocycles. The van der Waals surface area contributed by atoms with Crippen LogP contribution in [0.1, 0.15) is 26.7 Å². The number of hydrogen-bond donors (Lipinski definition) is 2. The van der Waals surface area contributed by atoms with Gasteiger partial charge < -0.3 is 20.1 Å². The molecular formula is C12H20N2O5. The second-order valence-corrected chi connectivity index (χ2v) is 5.05. The van der Waals surface area contributed by atoms with Gasteiger partial charge in [0.1, 0.15) is 6.04 Å². The van der Waals surface area contributed by atoms with Gasteiger partial charge in [0.25, 0.3) is 0 Å². The monoisotopic (exact) mass is 272 g/mol. The third kappa shape index (κ3) is 3.59. The van der Waals surface area contributed by atoms with Gasteiger partial charge in [0.2, 0.25) is 0 Å². The van der Waals surface area contributed by atoms with Crippen LogP contribution in [-0.4, -0.2) is 54.2 Å². The van der Waals surface area contributed by atoms with E-state index in [0.29, 0.717) is 25.9 Å². The third-order valence-corrected chi connectivity index (χ3v) is 3.57. The lowest BCUT2D eigenvalue weighted by Crippen LogP contribution is -2.51. The van der Waals surface area contributed by atoms with E-state index in [1.54, 1.807) is 6.92 Å². The molecule has 7 nitrogen and oxygen atoms in total. The largest absolute Gasteiger partial charge is 0.481 e. The maximum Gasteiger partial charge on any atom is 0.328 e. The molecule has 1 saturated heterocycles. The van der Waals surface area contributed by atoms with Gasteiger partial charge in [-0.2, -0.15) is 0 Å². The summed E-state index contributed by atoms with van der Waals surface area (Å²) in [7, 11) is 1.25. The summed E-state index contributed by atoms with van der Waals surface area (Å²) in [5.74, 6) is -1.35. The molecule has 0 radical (unpaired) electrons. The Bertz CT molecular complexity index is 374. The minimum Gasteiger partial charge on any atom is -0.481 e. The van der Waals surface area contributed by atoms with Crippen LogP contribution in [-0.2, 0) is 14.3 Å².